The molecule has 7 nitrogen and oxygen atoms in total. The standard InChI is InChI=1S/C22H16N2O5S/c23-15-17(22(26)24-18-9-11-19(25)12-10-18)13-16-5-4-6-20(14-16)29-30(27,28)21-7-2-1-3-8-21/h1-14,25H,(H,24,26)/b17-13-. The second-order valence-electron chi connectivity index (χ2n) is 6.09. The third-order valence-electron chi connectivity index (χ3n) is 3.90. The Hall–Kier alpha value is -4.09. The Bertz CT molecular complexity index is 1230. The average molecular weight is 420 g/mol. The van der Waals surface area contributed by atoms with Crippen LogP contribution in [0.3, 0.4) is 0 Å². The predicted octanol–water partition coefficient (Wildman–Crippen LogP) is 3.71. The van der Waals surface area contributed by atoms with Crippen LogP contribution in [0.4, 0.5) is 5.69 Å². The number of carbonyl (C=O) groups excluding carboxylic acids is 1. The van der Waals surface area contributed by atoms with E-state index in [1.807, 2.05) is 6.07 Å². The van der Waals surface area contributed by atoms with Gasteiger partial charge in [-0.25, -0.2) is 0 Å². The maximum absolute atomic E-state index is 12.4. The molecule has 0 saturated carbocycles. The number of nitrogens with one attached hydrogen (secondary N) is 1. The molecule has 0 spiro atoms. The maximum atomic E-state index is 12.4. The Morgan fingerprint density at radius 1 is 1.00 bits per heavy atom. The van der Waals surface area contributed by atoms with Crippen molar-refractivity contribution < 1.29 is 22.5 Å². The lowest BCUT2D eigenvalue weighted by Gasteiger charge is -2.08. The lowest BCUT2D eigenvalue weighted by molar-refractivity contribution is -0.112. The third-order valence-corrected chi connectivity index (χ3v) is 5.16. The summed E-state index contributed by atoms with van der Waals surface area (Å²) in [6.07, 6.45) is 1.32. The van der Waals surface area contributed by atoms with Gasteiger partial charge in [-0.3, -0.25) is 4.79 Å². The molecule has 8 heteroatoms. The zero-order chi connectivity index (χ0) is 21.6. The fourth-order valence-corrected chi connectivity index (χ4v) is 3.42. The van der Waals surface area contributed by atoms with Gasteiger partial charge in [0.05, 0.1) is 0 Å². The molecule has 0 heterocycles. The monoisotopic (exact) mass is 420 g/mol. The minimum absolute atomic E-state index is 0.0111. The van der Waals surface area contributed by atoms with Crippen LogP contribution in [0.5, 0.6) is 11.5 Å². The van der Waals surface area contributed by atoms with E-state index in [9.17, 15) is 23.6 Å². The van der Waals surface area contributed by atoms with Crippen LogP contribution in [-0.4, -0.2) is 19.4 Å². The van der Waals surface area contributed by atoms with E-state index in [1.165, 1.54) is 54.6 Å². The zero-order valence-electron chi connectivity index (χ0n) is 15.5. The number of hydrogen-bond acceptors (Lipinski definition) is 6. The summed E-state index contributed by atoms with van der Waals surface area (Å²) in [5.74, 6) is -0.554. The van der Waals surface area contributed by atoms with Crippen LogP contribution in [0.25, 0.3) is 6.08 Å². The van der Waals surface area contributed by atoms with Gasteiger partial charge >= 0.3 is 10.1 Å². The summed E-state index contributed by atoms with van der Waals surface area (Å²) in [5.41, 5.74) is 0.629. The molecule has 3 aromatic rings. The number of amides is 1. The van der Waals surface area contributed by atoms with E-state index >= 15 is 0 Å². The lowest BCUT2D eigenvalue weighted by Crippen LogP contribution is -2.13. The number of nitriles is 1. The van der Waals surface area contributed by atoms with Gasteiger partial charge in [0.15, 0.2) is 0 Å². The van der Waals surface area contributed by atoms with Crippen molar-refractivity contribution >= 4 is 27.8 Å². The Morgan fingerprint density at radius 3 is 2.37 bits per heavy atom. The molecule has 0 unspecified atom stereocenters. The molecular weight excluding hydrogens is 404 g/mol. The van der Waals surface area contributed by atoms with Gasteiger partial charge in [-0.05, 0) is 60.2 Å². The van der Waals surface area contributed by atoms with Crippen LogP contribution in [0.1, 0.15) is 5.56 Å². The van der Waals surface area contributed by atoms with Crippen molar-refractivity contribution in [3.05, 3.63) is 90.0 Å². The van der Waals surface area contributed by atoms with Crippen molar-refractivity contribution in [1.82, 2.24) is 0 Å². The van der Waals surface area contributed by atoms with Crippen LogP contribution in [0, 0.1) is 11.3 Å². The highest BCUT2D eigenvalue weighted by atomic mass is 32.2. The molecule has 0 saturated heterocycles. The van der Waals surface area contributed by atoms with Crippen molar-refractivity contribution in [2.75, 3.05) is 5.32 Å². The number of aromatic hydroxyl groups is 1. The normalized spacial score (nSPS) is 11.4. The van der Waals surface area contributed by atoms with Crippen molar-refractivity contribution in [2.45, 2.75) is 4.90 Å². The predicted molar refractivity (Wildman–Crippen MR) is 111 cm³/mol. The summed E-state index contributed by atoms with van der Waals surface area (Å²) in [5, 5.41) is 21.2. The highest BCUT2D eigenvalue weighted by Gasteiger charge is 2.16. The van der Waals surface area contributed by atoms with Gasteiger partial charge in [0.25, 0.3) is 5.91 Å². The highest BCUT2D eigenvalue weighted by molar-refractivity contribution is 7.87. The van der Waals surface area contributed by atoms with Gasteiger partial charge in [-0.1, -0.05) is 30.3 Å². The SMILES string of the molecule is N#C/C(=C/c1cccc(OS(=O)(=O)c2ccccc2)c1)C(=O)Nc1ccc(O)cc1. The maximum Gasteiger partial charge on any atom is 0.339 e. The molecule has 0 aliphatic heterocycles. The molecule has 2 N–H and O–H groups in total. The van der Waals surface area contributed by atoms with Gasteiger partial charge in [0.2, 0.25) is 0 Å². The van der Waals surface area contributed by atoms with Crippen LogP contribution < -0.4 is 9.50 Å². The summed E-state index contributed by atoms with van der Waals surface area (Å²) in [6, 6.07) is 21.3. The van der Waals surface area contributed by atoms with Gasteiger partial charge in [-0.2, -0.15) is 13.7 Å². The topological polar surface area (TPSA) is 116 Å². The third kappa shape index (κ3) is 5.25. The summed E-state index contributed by atoms with van der Waals surface area (Å²) >= 11 is 0. The second-order valence-corrected chi connectivity index (χ2v) is 7.64. The van der Waals surface area contributed by atoms with Gasteiger partial charge in [0.1, 0.15) is 28.0 Å². The van der Waals surface area contributed by atoms with Gasteiger partial charge in [-0.15, -0.1) is 0 Å². The first-order chi connectivity index (χ1) is 14.4. The van der Waals surface area contributed by atoms with Crippen molar-refractivity contribution in [2.24, 2.45) is 0 Å². The largest absolute Gasteiger partial charge is 0.508 e. The minimum atomic E-state index is -4.01. The molecule has 0 atom stereocenters. The lowest BCUT2D eigenvalue weighted by atomic mass is 10.1. The Labute approximate surface area is 173 Å². The number of rotatable bonds is 6. The molecule has 0 aliphatic rings. The smallest absolute Gasteiger partial charge is 0.339 e. The molecular formula is C22H16N2O5S. The van der Waals surface area contributed by atoms with Crippen LogP contribution in [0.2, 0.25) is 0 Å². The van der Waals surface area contributed by atoms with Crippen LogP contribution in [0.15, 0.2) is 89.3 Å². The Kier molecular flexibility index (Phi) is 6.15. The number of anilines is 1. The van der Waals surface area contributed by atoms with E-state index in [-0.39, 0.29) is 22.0 Å². The number of nitrogens with zero attached hydrogens (tertiary/aromatic N) is 1. The summed E-state index contributed by atoms with van der Waals surface area (Å²) in [6.45, 7) is 0. The molecule has 30 heavy (non-hydrogen) atoms. The first-order valence-electron chi connectivity index (χ1n) is 8.69. The fraction of sp³-hybridized carbons (Fsp3) is 0. The number of phenols is 1. The molecule has 0 aromatic heterocycles. The van der Waals surface area contributed by atoms with Gasteiger partial charge < -0.3 is 14.6 Å². The van der Waals surface area contributed by atoms with Crippen molar-refractivity contribution in [1.29, 1.82) is 5.26 Å². The molecule has 0 aliphatic carbocycles. The number of benzene rings is 3. The van der Waals surface area contributed by atoms with E-state index in [2.05, 4.69) is 5.32 Å². The zero-order valence-corrected chi connectivity index (χ0v) is 16.3. The number of phenolic OH excluding ortho intramolecular Hbond substituents is 1. The van der Waals surface area contributed by atoms with Gasteiger partial charge in [0, 0.05) is 5.69 Å². The first kappa shape index (κ1) is 20.6. The average Bonchev–Trinajstić information content (AvgIpc) is 2.74. The fourth-order valence-electron chi connectivity index (χ4n) is 2.48. The van der Waals surface area contributed by atoms with Crippen LogP contribution >= 0.6 is 0 Å². The van der Waals surface area contributed by atoms with E-state index in [1.54, 1.807) is 30.3 Å². The Morgan fingerprint density at radius 2 is 1.70 bits per heavy atom. The summed E-state index contributed by atoms with van der Waals surface area (Å²) in [7, 11) is -4.01. The molecule has 3 aromatic carbocycles. The molecule has 0 bridgehead atoms. The van der Waals surface area contributed by atoms with E-state index < -0.39 is 16.0 Å². The van der Waals surface area contributed by atoms with Crippen molar-refractivity contribution in [3.63, 3.8) is 0 Å². The summed E-state index contributed by atoms with van der Waals surface area (Å²) in [4.78, 5) is 12.4. The van der Waals surface area contributed by atoms with E-state index in [0.29, 0.717) is 11.3 Å². The Balaban J connectivity index is 1.80. The molecule has 1 amide bonds. The number of hydrogen-bond donors (Lipinski definition) is 2. The highest BCUT2D eigenvalue weighted by Crippen LogP contribution is 2.21. The van der Waals surface area contributed by atoms with E-state index in [0.717, 1.165) is 0 Å². The van der Waals surface area contributed by atoms with Crippen molar-refractivity contribution in [3.8, 4) is 17.6 Å². The molecule has 150 valence electrons. The molecule has 3 rings (SSSR count). The molecule has 0 fully saturated rings. The molecule has 0 radical (unpaired) electrons. The number of carbonyl (C=O) groups is 1. The first-order valence-corrected chi connectivity index (χ1v) is 10.1. The minimum Gasteiger partial charge on any atom is -0.508 e. The summed E-state index contributed by atoms with van der Waals surface area (Å²) < 4.78 is 29.9. The quantitative estimate of drug-likeness (QED) is 0.272. The van der Waals surface area contributed by atoms with Crippen LogP contribution in [-0.2, 0) is 14.9 Å². The van der Waals surface area contributed by atoms with E-state index in [4.69, 9.17) is 4.18 Å². The second kappa shape index (κ2) is 8.94.